The van der Waals surface area contributed by atoms with E-state index in [4.69, 9.17) is 17.5 Å². The minimum absolute atomic E-state index is 0. The van der Waals surface area contributed by atoms with Gasteiger partial charge in [0.1, 0.15) is 0 Å². The van der Waals surface area contributed by atoms with Gasteiger partial charge in [0.2, 0.25) is 0 Å². The van der Waals surface area contributed by atoms with Crippen LogP contribution in [-0.2, 0) is 10.4 Å². The van der Waals surface area contributed by atoms with Crippen LogP contribution in [-0.4, -0.2) is 17.5 Å². The van der Waals surface area contributed by atoms with Gasteiger partial charge in [-0.05, 0) is 0 Å². The van der Waals surface area contributed by atoms with Gasteiger partial charge in [0, 0.05) is 41.7 Å². The molecule has 0 saturated carbocycles. The van der Waals surface area contributed by atoms with Gasteiger partial charge in [0.15, 0.2) is 0 Å². The molecular formula is H5CeNO4S. The zero-order valence-corrected chi connectivity index (χ0v) is 7.28. The summed E-state index contributed by atoms with van der Waals surface area (Å²) in [6, 6.07) is 0. The third kappa shape index (κ3) is 134. The van der Waals surface area contributed by atoms with Gasteiger partial charge in [0.25, 0.3) is 0 Å². The van der Waals surface area contributed by atoms with Gasteiger partial charge >= 0.3 is 10.4 Å². The smallest absolute Gasteiger partial charge is 0.344 e. The number of rotatable bonds is 0. The molecule has 0 aliphatic heterocycles. The molecule has 5 nitrogen and oxygen atoms in total. The van der Waals surface area contributed by atoms with Crippen LogP contribution in [0.2, 0.25) is 0 Å². The maximum atomic E-state index is 8.74. The molecule has 0 aromatic rings. The first-order chi connectivity index (χ1) is 2.00. The summed E-state index contributed by atoms with van der Waals surface area (Å²) in [4.78, 5) is 0. The van der Waals surface area contributed by atoms with E-state index < -0.39 is 10.4 Å². The molecule has 0 fully saturated rings. The molecular weight excluding hydrogens is 250 g/mol. The summed E-state index contributed by atoms with van der Waals surface area (Å²) in [5.74, 6) is 0. The fourth-order valence-electron chi connectivity index (χ4n) is 0. The Hall–Kier alpha value is 1.21. The summed E-state index contributed by atoms with van der Waals surface area (Å²) in [5.41, 5.74) is 0. The molecule has 44 valence electrons. The zero-order chi connectivity index (χ0) is 4.50. The van der Waals surface area contributed by atoms with Crippen molar-refractivity contribution in [3.05, 3.63) is 0 Å². The van der Waals surface area contributed by atoms with Gasteiger partial charge < -0.3 is 6.15 Å². The molecule has 0 rings (SSSR count). The van der Waals surface area contributed by atoms with E-state index in [2.05, 4.69) is 0 Å². The summed E-state index contributed by atoms with van der Waals surface area (Å²) in [5, 5.41) is 0. The first-order valence-electron chi connectivity index (χ1n) is 0.698. The first-order valence-corrected chi connectivity index (χ1v) is 2.10. The molecule has 0 unspecified atom stereocenters. The molecule has 0 aliphatic rings. The Labute approximate surface area is 75.0 Å². The van der Waals surface area contributed by atoms with E-state index in [9.17, 15) is 0 Å². The average molecular weight is 255 g/mol. The van der Waals surface area contributed by atoms with Crippen molar-refractivity contribution in [1.29, 1.82) is 0 Å². The van der Waals surface area contributed by atoms with Crippen molar-refractivity contribution in [2.24, 2.45) is 0 Å². The molecule has 0 amide bonds. The Morgan fingerprint density at radius 3 is 1.14 bits per heavy atom. The SMILES string of the molecule is N.O=S(=O)(O)O.[Ce]. The summed E-state index contributed by atoms with van der Waals surface area (Å²) in [7, 11) is -4.67. The van der Waals surface area contributed by atoms with Crippen molar-refractivity contribution in [3.8, 4) is 0 Å². The predicted octanol–water partition coefficient (Wildman–Crippen LogP) is -0.491. The molecule has 0 heterocycles. The molecule has 0 saturated heterocycles. The monoisotopic (exact) mass is 255 g/mol. The first kappa shape index (κ1) is 15.7. The van der Waals surface area contributed by atoms with Crippen LogP contribution in [0.5, 0.6) is 0 Å². The average Bonchev–Trinajstić information content (AvgIpc) is 0.722. The van der Waals surface area contributed by atoms with E-state index in [0.29, 0.717) is 0 Å². The Morgan fingerprint density at radius 1 is 1.14 bits per heavy atom. The molecule has 0 aromatic heterocycles. The van der Waals surface area contributed by atoms with Crippen molar-refractivity contribution >= 4 is 10.4 Å². The largest absolute Gasteiger partial charge is 0.394 e. The van der Waals surface area contributed by atoms with Crippen LogP contribution in [0.3, 0.4) is 0 Å². The van der Waals surface area contributed by atoms with E-state index in [1.165, 1.54) is 0 Å². The standard InChI is InChI=1S/Ce.H3N.H2O4S/c;;1-5(2,3)4/h;1H3;(H2,1,2,3,4). The Balaban J connectivity index is -0.0000000800. The van der Waals surface area contributed by atoms with E-state index in [1.54, 1.807) is 0 Å². The van der Waals surface area contributed by atoms with Crippen LogP contribution in [0.25, 0.3) is 0 Å². The normalized spacial score (nSPS) is 8.29. The zero-order valence-electron chi connectivity index (χ0n) is 3.33. The molecule has 7 heavy (non-hydrogen) atoms. The fraction of sp³-hybridized carbons (Fsp3) is 0. The number of hydrogen-bond acceptors (Lipinski definition) is 3. The Bertz CT molecular complexity index is 94.9. The van der Waals surface area contributed by atoms with Crippen molar-refractivity contribution in [2.75, 3.05) is 0 Å². The molecule has 5 N–H and O–H groups in total. The number of hydrogen-bond donors (Lipinski definition) is 3. The van der Waals surface area contributed by atoms with E-state index in [0.717, 1.165) is 0 Å². The van der Waals surface area contributed by atoms with Gasteiger partial charge in [-0.2, -0.15) is 8.42 Å². The van der Waals surface area contributed by atoms with Gasteiger partial charge in [-0.1, -0.05) is 0 Å². The topological polar surface area (TPSA) is 110 Å². The van der Waals surface area contributed by atoms with Gasteiger partial charge in [-0.15, -0.1) is 0 Å². The quantitative estimate of drug-likeness (QED) is 0.506. The summed E-state index contributed by atoms with van der Waals surface area (Å²) >= 11 is 0. The van der Waals surface area contributed by atoms with Gasteiger partial charge in [-0.3, -0.25) is 9.11 Å². The van der Waals surface area contributed by atoms with E-state index >= 15 is 0 Å². The maximum absolute atomic E-state index is 8.74. The maximum Gasteiger partial charge on any atom is 0.394 e. The molecule has 0 radical (unpaired) electrons. The summed E-state index contributed by atoms with van der Waals surface area (Å²) < 4.78 is 31.6. The van der Waals surface area contributed by atoms with Crippen LogP contribution in [0, 0.1) is 41.7 Å². The van der Waals surface area contributed by atoms with Crippen LogP contribution in [0.15, 0.2) is 0 Å². The minimum atomic E-state index is -4.67. The molecule has 0 aliphatic carbocycles. The second-order valence-electron chi connectivity index (χ2n) is 0.448. The van der Waals surface area contributed by atoms with Crippen molar-refractivity contribution in [3.63, 3.8) is 0 Å². The van der Waals surface area contributed by atoms with Crippen molar-refractivity contribution < 1.29 is 59.3 Å². The van der Waals surface area contributed by atoms with Crippen LogP contribution >= 0.6 is 0 Å². The van der Waals surface area contributed by atoms with E-state index in [-0.39, 0.29) is 47.9 Å². The van der Waals surface area contributed by atoms with Crippen LogP contribution < -0.4 is 6.15 Å². The summed E-state index contributed by atoms with van der Waals surface area (Å²) in [6.07, 6.45) is 0. The molecule has 7 heteroatoms. The van der Waals surface area contributed by atoms with Crippen molar-refractivity contribution in [1.82, 2.24) is 6.15 Å². The third-order valence-electron chi connectivity index (χ3n) is 0. The van der Waals surface area contributed by atoms with Crippen LogP contribution in [0.1, 0.15) is 0 Å². The second-order valence-corrected chi connectivity index (χ2v) is 1.34. The van der Waals surface area contributed by atoms with E-state index in [1.807, 2.05) is 0 Å². The van der Waals surface area contributed by atoms with Gasteiger partial charge in [0.05, 0.1) is 0 Å². The second kappa shape index (κ2) is 5.35. The van der Waals surface area contributed by atoms with Crippen molar-refractivity contribution in [2.45, 2.75) is 0 Å². The molecule has 0 spiro atoms. The minimum Gasteiger partial charge on any atom is -0.344 e. The molecule has 0 atom stereocenters. The molecule has 0 aromatic carbocycles. The fourth-order valence-corrected chi connectivity index (χ4v) is 0. The Morgan fingerprint density at radius 2 is 1.14 bits per heavy atom. The van der Waals surface area contributed by atoms with Gasteiger partial charge in [-0.25, -0.2) is 0 Å². The molecule has 0 bridgehead atoms. The summed E-state index contributed by atoms with van der Waals surface area (Å²) in [6.45, 7) is 0. The predicted molar refractivity (Wildman–Crippen MR) is 19.2 cm³/mol. The third-order valence-corrected chi connectivity index (χ3v) is 0. The van der Waals surface area contributed by atoms with Crippen LogP contribution in [0.4, 0.5) is 0 Å². The Kier molecular flexibility index (Phi) is 12.0.